The summed E-state index contributed by atoms with van der Waals surface area (Å²) in [6.45, 7) is 2.12. The van der Waals surface area contributed by atoms with E-state index in [2.05, 4.69) is 15.3 Å². The molecule has 1 atom stereocenters. The van der Waals surface area contributed by atoms with Gasteiger partial charge < -0.3 is 10.1 Å². The molecule has 100 valence electrons. The highest BCUT2D eigenvalue weighted by molar-refractivity contribution is 5.30. The SMILES string of the molecule is CNC(C)c1ccc(OCc2ncccn2)cc1F. The molecular formula is C14H16FN3O. The van der Waals surface area contributed by atoms with E-state index in [4.69, 9.17) is 4.74 Å². The first-order chi connectivity index (χ1) is 9.20. The molecule has 0 saturated heterocycles. The lowest BCUT2D eigenvalue weighted by atomic mass is 10.1. The molecule has 0 bridgehead atoms. The monoisotopic (exact) mass is 261 g/mol. The highest BCUT2D eigenvalue weighted by atomic mass is 19.1. The van der Waals surface area contributed by atoms with Gasteiger partial charge >= 0.3 is 0 Å². The summed E-state index contributed by atoms with van der Waals surface area (Å²) < 4.78 is 19.3. The Morgan fingerprint density at radius 3 is 2.68 bits per heavy atom. The Bertz CT molecular complexity index is 533. The van der Waals surface area contributed by atoms with Gasteiger partial charge in [0.05, 0.1) is 0 Å². The maximum atomic E-state index is 13.9. The van der Waals surface area contributed by atoms with Crippen molar-refractivity contribution in [3.8, 4) is 5.75 Å². The van der Waals surface area contributed by atoms with Crippen molar-refractivity contribution >= 4 is 0 Å². The fourth-order valence-electron chi connectivity index (χ4n) is 1.66. The summed E-state index contributed by atoms with van der Waals surface area (Å²) in [5, 5.41) is 3.00. The predicted molar refractivity (Wildman–Crippen MR) is 70.2 cm³/mol. The van der Waals surface area contributed by atoms with Gasteiger partial charge in [-0.05, 0) is 26.1 Å². The molecule has 5 heteroatoms. The van der Waals surface area contributed by atoms with Crippen LogP contribution < -0.4 is 10.1 Å². The number of ether oxygens (including phenoxy) is 1. The molecule has 0 fully saturated rings. The second-order valence-electron chi connectivity index (χ2n) is 4.15. The minimum absolute atomic E-state index is 0.0356. The smallest absolute Gasteiger partial charge is 0.166 e. The van der Waals surface area contributed by atoms with Crippen LogP contribution in [0.25, 0.3) is 0 Å². The Morgan fingerprint density at radius 2 is 2.05 bits per heavy atom. The van der Waals surface area contributed by atoms with E-state index in [0.717, 1.165) is 0 Å². The van der Waals surface area contributed by atoms with E-state index in [1.165, 1.54) is 6.07 Å². The normalized spacial score (nSPS) is 12.2. The third-order valence-corrected chi connectivity index (χ3v) is 2.86. The lowest BCUT2D eigenvalue weighted by molar-refractivity contribution is 0.294. The number of aromatic nitrogens is 2. The van der Waals surface area contributed by atoms with E-state index in [-0.39, 0.29) is 18.5 Å². The molecule has 1 aromatic heterocycles. The molecule has 0 aliphatic heterocycles. The summed E-state index contributed by atoms with van der Waals surface area (Å²) in [5.41, 5.74) is 0.616. The van der Waals surface area contributed by atoms with Gasteiger partial charge in [0.2, 0.25) is 0 Å². The minimum Gasteiger partial charge on any atom is -0.486 e. The van der Waals surface area contributed by atoms with Crippen LogP contribution in [0.5, 0.6) is 5.75 Å². The van der Waals surface area contributed by atoms with Gasteiger partial charge in [-0.2, -0.15) is 0 Å². The molecule has 0 saturated carbocycles. The Kier molecular flexibility index (Phi) is 4.41. The Labute approximate surface area is 111 Å². The van der Waals surface area contributed by atoms with Crippen molar-refractivity contribution in [3.63, 3.8) is 0 Å². The minimum atomic E-state index is -0.284. The summed E-state index contributed by atoms with van der Waals surface area (Å²) in [5.74, 6) is 0.751. The van der Waals surface area contributed by atoms with E-state index in [0.29, 0.717) is 17.1 Å². The highest BCUT2D eigenvalue weighted by Crippen LogP contribution is 2.22. The van der Waals surface area contributed by atoms with Crippen LogP contribution in [0.1, 0.15) is 24.4 Å². The summed E-state index contributed by atoms with van der Waals surface area (Å²) >= 11 is 0. The van der Waals surface area contributed by atoms with Crippen LogP contribution in [0.2, 0.25) is 0 Å². The number of hydrogen-bond acceptors (Lipinski definition) is 4. The van der Waals surface area contributed by atoms with E-state index < -0.39 is 0 Å². The van der Waals surface area contributed by atoms with Crippen molar-refractivity contribution < 1.29 is 9.13 Å². The molecule has 2 aromatic rings. The van der Waals surface area contributed by atoms with Crippen molar-refractivity contribution in [1.82, 2.24) is 15.3 Å². The third-order valence-electron chi connectivity index (χ3n) is 2.86. The molecule has 0 aliphatic carbocycles. The molecule has 0 spiro atoms. The van der Waals surface area contributed by atoms with Crippen LogP contribution >= 0.6 is 0 Å². The van der Waals surface area contributed by atoms with Gasteiger partial charge in [-0.3, -0.25) is 0 Å². The average Bonchev–Trinajstić information content (AvgIpc) is 2.45. The topological polar surface area (TPSA) is 47.0 Å². The first-order valence-electron chi connectivity index (χ1n) is 6.06. The molecule has 19 heavy (non-hydrogen) atoms. The molecular weight excluding hydrogens is 245 g/mol. The third kappa shape index (κ3) is 3.48. The van der Waals surface area contributed by atoms with Crippen molar-refractivity contribution in [1.29, 1.82) is 0 Å². The summed E-state index contributed by atoms with van der Waals surface area (Å²) in [6, 6.07) is 6.54. The molecule has 1 heterocycles. The van der Waals surface area contributed by atoms with Crippen LogP contribution in [0.15, 0.2) is 36.7 Å². The van der Waals surface area contributed by atoms with Gasteiger partial charge in [-0.1, -0.05) is 6.07 Å². The number of halogens is 1. The van der Waals surface area contributed by atoms with Gasteiger partial charge in [0.25, 0.3) is 0 Å². The van der Waals surface area contributed by atoms with Gasteiger partial charge in [0.15, 0.2) is 5.82 Å². The number of rotatable bonds is 5. The number of nitrogens with zero attached hydrogens (tertiary/aromatic N) is 2. The van der Waals surface area contributed by atoms with Crippen LogP contribution in [0, 0.1) is 5.82 Å². The maximum absolute atomic E-state index is 13.9. The van der Waals surface area contributed by atoms with E-state index in [1.807, 2.05) is 6.92 Å². The number of hydrogen-bond donors (Lipinski definition) is 1. The molecule has 0 amide bonds. The molecule has 1 unspecified atom stereocenters. The summed E-state index contributed by atoms with van der Waals surface area (Å²) in [6.07, 6.45) is 3.29. The second-order valence-corrected chi connectivity index (χ2v) is 4.15. The van der Waals surface area contributed by atoms with E-state index >= 15 is 0 Å². The van der Waals surface area contributed by atoms with Crippen LogP contribution in [-0.2, 0) is 6.61 Å². The van der Waals surface area contributed by atoms with E-state index in [1.54, 1.807) is 37.6 Å². The molecule has 1 N–H and O–H groups in total. The van der Waals surface area contributed by atoms with Crippen molar-refractivity contribution in [3.05, 3.63) is 53.9 Å². The standard InChI is InChI=1S/C14H16FN3O/c1-10(16-2)12-5-4-11(8-13(12)15)19-9-14-17-6-3-7-18-14/h3-8,10,16H,9H2,1-2H3. The number of benzene rings is 1. The average molecular weight is 261 g/mol. The van der Waals surface area contributed by atoms with Crippen LogP contribution in [-0.4, -0.2) is 17.0 Å². The molecule has 0 aliphatic rings. The Balaban J connectivity index is 2.04. The Morgan fingerprint density at radius 1 is 1.32 bits per heavy atom. The summed E-state index contributed by atoms with van der Waals surface area (Å²) in [7, 11) is 1.79. The second kappa shape index (κ2) is 6.24. The van der Waals surface area contributed by atoms with Crippen molar-refractivity contribution in [2.24, 2.45) is 0 Å². The predicted octanol–water partition coefficient (Wildman–Crippen LogP) is 2.48. The lowest BCUT2D eigenvalue weighted by Crippen LogP contribution is -2.13. The quantitative estimate of drug-likeness (QED) is 0.898. The highest BCUT2D eigenvalue weighted by Gasteiger charge is 2.10. The van der Waals surface area contributed by atoms with Gasteiger partial charge in [0, 0.05) is 30.1 Å². The molecule has 2 rings (SSSR count). The maximum Gasteiger partial charge on any atom is 0.166 e. The zero-order chi connectivity index (χ0) is 13.7. The van der Waals surface area contributed by atoms with Crippen LogP contribution in [0.4, 0.5) is 4.39 Å². The van der Waals surface area contributed by atoms with Crippen LogP contribution in [0.3, 0.4) is 0 Å². The van der Waals surface area contributed by atoms with Gasteiger partial charge in [-0.15, -0.1) is 0 Å². The van der Waals surface area contributed by atoms with Gasteiger partial charge in [-0.25, -0.2) is 14.4 Å². The van der Waals surface area contributed by atoms with Crippen molar-refractivity contribution in [2.45, 2.75) is 19.6 Å². The lowest BCUT2D eigenvalue weighted by Gasteiger charge is -2.13. The zero-order valence-electron chi connectivity index (χ0n) is 10.9. The summed E-state index contributed by atoms with van der Waals surface area (Å²) in [4.78, 5) is 8.07. The molecule has 4 nitrogen and oxygen atoms in total. The fraction of sp³-hybridized carbons (Fsp3) is 0.286. The fourth-order valence-corrected chi connectivity index (χ4v) is 1.66. The molecule has 1 aromatic carbocycles. The first kappa shape index (κ1) is 13.4. The van der Waals surface area contributed by atoms with E-state index in [9.17, 15) is 4.39 Å². The largest absolute Gasteiger partial charge is 0.486 e. The Hall–Kier alpha value is -2.01. The van der Waals surface area contributed by atoms with Gasteiger partial charge in [0.1, 0.15) is 18.2 Å². The first-order valence-corrected chi connectivity index (χ1v) is 6.06. The number of nitrogens with one attached hydrogen (secondary N) is 1. The molecule has 0 radical (unpaired) electrons. The zero-order valence-corrected chi connectivity index (χ0v) is 10.9. The van der Waals surface area contributed by atoms with Crippen molar-refractivity contribution in [2.75, 3.05) is 7.05 Å².